The fourth-order valence-corrected chi connectivity index (χ4v) is 3.63. The number of ether oxygens (including phenoxy) is 1. The molecule has 2 heterocycles. The molecule has 1 unspecified atom stereocenters. The van der Waals surface area contributed by atoms with Crippen molar-refractivity contribution >= 4 is 17.5 Å². The molecule has 2 aliphatic heterocycles. The first-order valence-electron chi connectivity index (χ1n) is 9.16. The van der Waals surface area contributed by atoms with E-state index in [-0.39, 0.29) is 17.9 Å². The minimum absolute atomic E-state index is 0.0380. The SMILES string of the molecule is O=C1CCCc2cc(C(=O)NC3CCCOc4ccccc43)ccc2N1. The summed E-state index contributed by atoms with van der Waals surface area (Å²) in [6.45, 7) is 0.669. The van der Waals surface area contributed by atoms with E-state index >= 15 is 0 Å². The smallest absolute Gasteiger partial charge is 0.251 e. The van der Waals surface area contributed by atoms with Gasteiger partial charge in [0.1, 0.15) is 5.75 Å². The number of rotatable bonds is 2. The number of para-hydroxylation sites is 1. The van der Waals surface area contributed by atoms with Gasteiger partial charge >= 0.3 is 0 Å². The Bertz CT molecular complexity index is 847. The quantitative estimate of drug-likeness (QED) is 0.869. The lowest BCUT2D eigenvalue weighted by molar-refractivity contribution is -0.116. The van der Waals surface area contributed by atoms with Gasteiger partial charge in [-0.2, -0.15) is 0 Å². The maximum Gasteiger partial charge on any atom is 0.251 e. The summed E-state index contributed by atoms with van der Waals surface area (Å²) in [6, 6.07) is 13.3. The van der Waals surface area contributed by atoms with Crippen molar-refractivity contribution in [3.8, 4) is 5.75 Å². The third-order valence-electron chi connectivity index (χ3n) is 4.99. The summed E-state index contributed by atoms with van der Waals surface area (Å²) in [4.78, 5) is 24.5. The molecule has 2 amide bonds. The van der Waals surface area contributed by atoms with E-state index in [2.05, 4.69) is 10.6 Å². The fourth-order valence-electron chi connectivity index (χ4n) is 3.63. The molecule has 0 spiro atoms. The van der Waals surface area contributed by atoms with Crippen LogP contribution in [0.3, 0.4) is 0 Å². The summed E-state index contributed by atoms with van der Waals surface area (Å²) in [6.07, 6.45) is 3.88. The molecule has 1 atom stereocenters. The number of anilines is 1. The summed E-state index contributed by atoms with van der Waals surface area (Å²) >= 11 is 0. The minimum atomic E-state index is -0.0925. The van der Waals surface area contributed by atoms with Crippen LogP contribution >= 0.6 is 0 Å². The highest BCUT2D eigenvalue weighted by Crippen LogP contribution is 2.31. The molecule has 134 valence electrons. The summed E-state index contributed by atoms with van der Waals surface area (Å²) in [5.74, 6) is 0.793. The van der Waals surface area contributed by atoms with E-state index in [4.69, 9.17) is 4.74 Å². The number of aryl methyl sites for hydroxylation is 1. The molecule has 0 fully saturated rings. The Hall–Kier alpha value is -2.82. The molecular formula is C21H22N2O3. The van der Waals surface area contributed by atoms with Crippen LogP contribution in [0.4, 0.5) is 5.69 Å². The van der Waals surface area contributed by atoms with Crippen LogP contribution in [0.15, 0.2) is 42.5 Å². The highest BCUT2D eigenvalue weighted by atomic mass is 16.5. The third-order valence-corrected chi connectivity index (χ3v) is 4.99. The Labute approximate surface area is 152 Å². The average Bonchev–Trinajstić information content (AvgIpc) is 2.96. The summed E-state index contributed by atoms with van der Waals surface area (Å²) in [7, 11) is 0. The van der Waals surface area contributed by atoms with E-state index in [1.165, 1.54) is 0 Å². The largest absolute Gasteiger partial charge is 0.493 e. The number of nitrogens with one attached hydrogen (secondary N) is 2. The second kappa shape index (κ2) is 7.20. The van der Waals surface area contributed by atoms with Crippen molar-refractivity contribution in [3.63, 3.8) is 0 Å². The highest BCUT2D eigenvalue weighted by Gasteiger charge is 2.22. The average molecular weight is 350 g/mol. The van der Waals surface area contributed by atoms with E-state index < -0.39 is 0 Å². The lowest BCUT2D eigenvalue weighted by Gasteiger charge is -2.19. The molecule has 0 saturated carbocycles. The Morgan fingerprint density at radius 1 is 1.12 bits per heavy atom. The van der Waals surface area contributed by atoms with Gasteiger partial charge in [0, 0.05) is 23.2 Å². The number of benzene rings is 2. The zero-order chi connectivity index (χ0) is 17.9. The Morgan fingerprint density at radius 2 is 2.00 bits per heavy atom. The van der Waals surface area contributed by atoms with E-state index in [0.717, 1.165) is 48.2 Å². The highest BCUT2D eigenvalue weighted by molar-refractivity contribution is 5.97. The third kappa shape index (κ3) is 3.43. The van der Waals surface area contributed by atoms with Crippen LogP contribution < -0.4 is 15.4 Å². The maximum absolute atomic E-state index is 12.8. The first kappa shape index (κ1) is 16.6. The van der Waals surface area contributed by atoms with Crippen LogP contribution in [0.5, 0.6) is 5.75 Å². The molecule has 2 N–H and O–H groups in total. The fraction of sp³-hybridized carbons (Fsp3) is 0.333. The van der Waals surface area contributed by atoms with E-state index in [0.29, 0.717) is 18.6 Å². The predicted octanol–water partition coefficient (Wildman–Crippen LogP) is 3.61. The first-order valence-corrected chi connectivity index (χ1v) is 9.16. The first-order chi connectivity index (χ1) is 12.7. The number of carbonyl (C=O) groups excluding carboxylic acids is 2. The van der Waals surface area contributed by atoms with Gasteiger partial charge in [-0.25, -0.2) is 0 Å². The molecule has 0 saturated heterocycles. The van der Waals surface area contributed by atoms with E-state index in [1.807, 2.05) is 36.4 Å². The predicted molar refractivity (Wildman–Crippen MR) is 99.4 cm³/mol. The van der Waals surface area contributed by atoms with Crippen molar-refractivity contribution in [1.29, 1.82) is 0 Å². The van der Waals surface area contributed by atoms with Crippen LogP contribution in [0.2, 0.25) is 0 Å². The molecule has 5 heteroatoms. The van der Waals surface area contributed by atoms with Crippen molar-refractivity contribution < 1.29 is 14.3 Å². The van der Waals surface area contributed by atoms with Crippen LogP contribution in [0.1, 0.15) is 53.2 Å². The molecule has 2 aromatic rings. The van der Waals surface area contributed by atoms with Gasteiger partial charge in [0.05, 0.1) is 12.6 Å². The number of amides is 2. The molecule has 0 aromatic heterocycles. The molecule has 26 heavy (non-hydrogen) atoms. The van der Waals surface area contributed by atoms with Crippen molar-refractivity contribution in [3.05, 3.63) is 59.2 Å². The molecule has 2 aromatic carbocycles. The van der Waals surface area contributed by atoms with Crippen molar-refractivity contribution in [2.24, 2.45) is 0 Å². The van der Waals surface area contributed by atoms with Crippen molar-refractivity contribution in [2.45, 2.75) is 38.1 Å². The van der Waals surface area contributed by atoms with Crippen LogP contribution in [-0.2, 0) is 11.2 Å². The van der Waals surface area contributed by atoms with Gasteiger partial charge in [-0.1, -0.05) is 18.2 Å². The van der Waals surface area contributed by atoms with Crippen molar-refractivity contribution in [1.82, 2.24) is 5.32 Å². The van der Waals surface area contributed by atoms with Gasteiger partial charge < -0.3 is 15.4 Å². The lowest BCUT2D eigenvalue weighted by atomic mass is 10.0. The Balaban J connectivity index is 1.55. The topological polar surface area (TPSA) is 67.4 Å². The monoisotopic (exact) mass is 350 g/mol. The zero-order valence-electron chi connectivity index (χ0n) is 14.6. The molecule has 0 radical (unpaired) electrons. The number of carbonyl (C=O) groups is 2. The molecule has 0 bridgehead atoms. The zero-order valence-corrected chi connectivity index (χ0v) is 14.6. The number of hydrogen-bond donors (Lipinski definition) is 2. The van der Waals surface area contributed by atoms with E-state index in [1.54, 1.807) is 6.07 Å². The molecule has 4 rings (SSSR count). The van der Waals surface area contributed by atoms with Gasteiger partial charge in [-0.05, 0) is 55.5 Å². The van der Waals surface area contributed by atoms with Gasteiger partial charge in [-0.3, -0.25) is 9.59 Å². The van der Waals surface area contributed by atoms with Gasteiger partial charge in [0.2, 0.25) is 5.91 Å². The van der Waals surface area contributed by atoms with Crippen LogP contribution in [0, 0.1) is 0 Å². The Morgan fingerprint density at radius 3 is 2.92 bits per heavy atom. The van der Waals surface area contributed by atoms with E-state index in [9.17, 15) is 9.59 Å². The van der Waals surface area contributed by atoms with Gasteiger partial charge in [-0.15, -0.1) is 0 Å². The summed E-state index contributed by atoms with van der Waals surface area (Å²) in [5, 5.41) is 6.06. The van der Waals surface area contributed by atoms with Gasteiger partial charge in [0.15, 0.2) is 0 Å². The molecular weight excluding hydrogens is 328 g/mol. The summed E-state index contributed by atoms with van der Waals surface area (Å²) in [5.41, 5.74) is 3.49. The molecule has 5 nitrogen and oxygen atoms in total. The maximum atomic E-state index is 12.8. The van der Waals surface area contributed by atoms with Crippen molar-refractivity contribution in [2.75, 3.05) is 11.9 Å². The standard InChI is InChI=1S/C21H22N2O3/c24-20-9-3-5-14-13-15(10-11-17(14)22-20)21(25)23-18-7-4-12-26-19-8-2-1-6-16(18)19/h1-2,6,8,10-11,13,18H,3-5,7,9,12H2,(H,22,24)(H,23,25). The second-order valence-electron chi connectivity index (χ2n) is 6.83. The Kier molecular flexibility index (Phi) is 4.61. The summed E-state index contributed by atoms with van der Waals surface area (Å²) < 4.78 is 5.77. The molecule has 0 aliphatic carbocycles. The second-order valence-corrected chi connectivity index (χ2v) is 6.83. The van der Waals surface area contributed by atoms with Crippen LogP contribution in [-0.4, -0.2) is 18.4 Å². The lowest BCUT2D eigenvalue weighted by Crippen LogP contribution is -2.28. The van der Waals surface area contributed by atoms with Crippen LogP contribution in [0.25, 0.3) is 0 Å². The minimum Gasteiger partial charge on any atom is -0.493 e. The normalized spacial score (nSPS) is 19.1. The number of hydrogen-bond acceptors (Lipinski definition) is 3. The molecule has 2 aliphatic rings. The van der Waals surface area contributed by atoms with Gasteiger partial charge in [0.25, 0.3) is 5.91 Å². The number of fused-ring (bicyclic) bond motifs is 2.